The smallest absolute Gasteiger partial charge is 0.418 e. The molecule has 0 saturated carbocycles. The maximum atomic E-state index is 12.7. The Balaban J connectivity index is 2.34. The third-order valence-electron chi connectivity index (χ3n) is 3.96. The van der Waals surface area contributed by atoms with E-state index < -0.39 is 29.1 Å². The molecule has 26 heavy (non-hydrogen) atoms. The lowest BCUT2D eigenvalue weighted by Crippen LogP contribution is -2.57. The van der Waals surface area contributed by atoms with Crippen LogP contribution in [-0.4, -0.2) is 40.6 Å². The first kappa shape index (κ1) is 19.7. The molecular formula is C20H25NO5. The molecular weight excluding hydrogens is 334 g/mol. The Labute approximate surface area is 153 Å². The number of amides is 2. The van der Waals surface area contributed by atoms with E-state index in [0.29, 0.717) is 6.42 Å². The normalized spacial score (nSPS) is 19.5. The molecule has 0 aliphatic carbocycles. The van der Waals surface area contributed by atoms with Gasteiger partial charge in [-0.15, -0.1) is 0 Å². The van der Waals surface area contributed by atoms with Gasteiger partial charge in [-0.1, -0.05) is 30.3 Å². The molecule has 1 heterocycles. The molecule has 0 saturated heterocycles. The minimum atomic E-state index is -1.49. The van der Waals surface area contributed by atoms with E-state index in [0.717, 1.165) is 10.5 Å². The summed E-state index contributed by atoms with van der Waals surface area (Å²) >= 11 is 0. The Morgan fingerprint density at radius 2 is 1.81 bits per heavy atom. The van der Waals surface area contributed by atoms with Gasteiger partial charge in [0.15, 0.2) is 5.54 Å². The molecule has 1 aliphatic heterocycles. The van der Waals surface area contributed by atoms with Crippen molar-refractivity contribution >= 4 is 18.0 Å². The molecule has 0 spiro atoms. The fraction of sp³-hybridized carbons (Fsp3) is 0.450. The van der Waals surface area contributed by atoms with Crippen LogP contribution in [-0.2, 0) is 25.5 Å². The van der Waals surface area contributed by atoms with Crippen molar-refractivity contribution < 1.29 is 23.9 Å². The van der Waals surface area contributed by atoms with E-state index in [1.165, 1.54) is 12.2 Å². The summed E-state index contributed by atoms with van der Waals surface area (Å²) in [5.41, 5.74) is -1.29. The van der Waals surface area contributed by atoms with E-state index in [9.17, 15) is 14.4 Å². The van der Waals surface area contributed by atoms with Crippen LogP contribution in [0.5, 0.6) is 0 Å². The van der Waals surface area contributed by atoms with E-state index in [2.05, 4.69) is 0 Å². The van der Waals surface area contributed by atoms with Gasteiger partial charge in [0.25, 0.3) is 5.91 Å². The highest BCUT2D eigenvalue weighted by Crippen LogP contribution is 2.32. The molecule has 0 radical (unpaired) electrons. The predicted octanol–water partition coefficient (Wildman–Crippen LogP) is 3.25. The van der Waals surface area contributed by atoms with Crippen molar-refractivity contribution in [1.82, 2.24) is 4.90 Å². The number of aryl methyl sites for hydroxylation is 1. The maximum Gasteiger partial charge on any atom is 0.418 e. The number of hydrogen-bond donors (Lipinski definition) is 0. The zero-order valence-electron chi connectivity index (χ0n) is 15.7. The molecule has 0 bridgehead atoms. The zero-order chi connectivity index (χ0) is 19.4. The minimum Gasteiger partial charge on any atom is -0.464 e. The molecule has 1 aromatic rings. The van der Waals surface area contributed by atoms with Crippen molar-refractivity contribution in [1.29, 1.82) is 0 Å². The monoisotopic (exact) mass is 359 g/mol. The summed E-state index contributed by atoms with van der Waals surface area (Å²) in [5.74, 6) is -1.22. The number of esters is 1. The molecule has 6 nitrogen and oxygen atoms in total. The van der Waals surface area contributed by atoms with Crippen molar-refractivity contribution in [2.75, 3.05) is 6.61 Å². The first-order valence-electron chi connectivity index (χ1n) is 8.67. The summed E-state index contributed by atoms with van der Waals surface area (Å²) < 4.78 is 10.5. The number of carbonyl (C=O) groups is 3. The van der Waals surface area contributed by atoms with Crippen LogP contribution in [0.3, 0.4) is 0 Å². The van der Waals surface area contributed by atoms with Crippen LogP contribution in [0, 0.1) is 0 Å². The molecule has 0 N–H and O–H groups in total. The van der Waals surface area contributed by atoms with E-state index >= 15 is 0 Å². The van der Waals surface area contributed by atoms with E-state index in [1.807, 2.05) is 30.3 Å². The first-order chi connectivity index (χ1) is 12.2. The van der Waals surface area contributed by atoms with Crippen LogP contribution in [0.25, 0.3) is 0 Å². The topological polar surface area (TPSA) is 72.9 Å². The average Bonchev–Trinajstić information content (AvgIpc) is 2.90. The molecule has 140 valence electrons. The number of carbonyl (C=O) groups excluding carboxylic acids is 3. The molecule has 2 amide bonds. The maximum absolute atomic E-state index is 12.7. The van der Waals surface area contributed by atoms with Crippen LogP contribution in [0.15, 0.2) is 42.5 Å². The van der Waals surface area contributed by atoms with Crippen molar-refractivity contribution in [3.05, 3.63) is 48.0 Å². The van der Waals surface area contributed by atoms with Crippen molar-refractivity contribution in [2.24, 2.45) is 0 Å². The number of benzene rings is 1. The summed E-state index contributed by atoms with van der Waals surface area (Å²) in [4.78, 5) is 38.6. The highest BCUT2D eigenvalue weighted by Gasteiger charge is 2.53. The zero-order valence-corrected chi connectivity index (χ0v) is 15.7. The number of nitrogens with zero attached hydrogens (tertiary/aromatic N) is 1. The molecule has 1 aromatic carbocycles. The van der Waals surface area contributed by atoms with Gasteiger partial charge in [-0.3, -0.25) is 4.79 Å². The lowest BCUT2D eigenvalue weighted by molar-refractivity contribution is -0.157. The van der Waals surface area contributed by atoms with Crippen LogP contribution in [0.1, 0.15) is 39.7 Å². The fourth-order valence-electron chi connectivity index (χ4n) is 2.81. The van der Waals surface area contributed by atoms with E-state index in [4.69, 9.17) is 9.47 Å². The second kappa shape index (κ2) is 7.72. The number of hydrogen-bond acceptors (Lipinski definition) is 5. The second-order valence-electron chi connectivity index (χ2n) is 7.12. The molecule has 0 aromatic heterocycles. The molecule has 6 heteroatoms. The van der Waals surface area contributed by atoms with E-state index in [1.54, 1.807) is 27.7 Å². The third kappa shape index (κ3) is 4.31. The minimum absolute atomic E-state index is 0.149. The van der Waals surface area contributed by atoms with Crippen molar-refractivity contribution in [3.8, 4) is 0 Å². The lowest BCUT2D eigenvalue weighted by atomic mass is 9.91. The predicted molar refractivity (Wildman–Crippen MR) is 96.3 cm³/mol. The highest BCUT2D eigenvalue weighted by molar-refractivity contribution is 6.08. The van der Waals surface area contributed by atoms with Gasteiger partial charge in [0, 0.05) is 6.08 Å². The summed E-state index contributed by atoms with van der Waals surface area (Å²) in [6.07, 6.45) is 2.54. The Hall–Kier alpha value is -2.63. The number of rotatable bonds is 5. The second-order valence-corrected chi connectivity index (χ2v) is 7.12. The highest BCUT2D eigenvalue weighted by atomic mass is 16.6. The Morgan fingerprint density at radius 3 is 2.38 bits per heavy atom. The molecule has 1 aliphatic rings. The summed E-state index contributed by atoms with van der Waals surface area (Å²) in [6, 6.07) is 9.55. The Morgan fingerprint density at radius 1 is 1.15 bits per heavy atom. The summed E-state index contributed by atoms with van der Waals surface area (Å²) in [7, 11) is 0. The average molecular weight is 359 g/mol. The van der Waals surface area contributed by atoms with Gasteiger partial charge in [-0.25, -0.2) is 14.5 Å². The lowest BCUT2D eigenvalue weighted by Gasteiger charge is -2.35. The third-order valence-corrected chi connectivity index (χ3v) is 3.96. The Bertz CT molecular complexity index is 705. The summed E-state index contributed by atoms with van der Waals surface area (Å²) in [5, 5.41) is 0. The van der Waals surface area contributed by atoms with Crippen LogP contribution < -0.4 is 0 Å². The molecule has 2 rings (SSSR count). The molecule has 1 atom stereocenters. The van der Waals surface area contributed by atoms with Gasteiger partial charge in [0.1, 0.15) is 5.60 Å². The fourth-order valence-corrected chi connectivity index (χ4v) is 2.81. The van der Waals surface area contributed by atoms with Gasteiger partial charge in [-0.2, -0.15) is 0 Å². The first-order valence-corrected chi connectivity index (χ1v) is 8.67. The van der Waals surface area contributed by atoms with Crippen molar-refractivity contribution in [2.45, 2.75) is 51.7 Å². The Kier molecular flexibility index (Phi) is 5.85. The van der Waals surface area contributed by atoms with Crippen LogP contribution in [0.2, 0.25) is 0 Å². The van der Waals surface area contributed by atoms with Gasteiger partial charge >= 0.3 is 12.1 Å². The standard InChI is InChI=1S/C20H25NO5/c1-5-25-17(23)20(13-11-15-9-7-6-8-10-15)14-12-16(22)21(20)18(24)26-19(2,3)4/h6-10,12,14H,5,11,13H2,1-4H3. The van der Waals surface area contributed by atoms with E-state index in [-0.39, 0.29) is 13.0 Å². The van der Waals surface area contributed by atoms with Crippen LogP contribution in [0.4, 0.5) is 4.79 Å². The molecule has 0 fully saturated rings. The van der Waals surface area contributed by atoms with Crippen LogP contribution >= 0.6 is 0 Å². The number of imide groups is 1. The van der Waals surface area contributed by atoms with Gasteiger partial charge in [0.2, 0.25) is 0 Å². The summed E-state index contributed by atoms with van der Waals surface area (Å²) in [6.45, 7) is 6.94. The quantitative estimate of drug-likeness (QED) is 0.755. The van der Waals surface area contributed by atoms with Gasteiger partial charge in [-0.05, 0) is 52.2 Å². The van der Waals surface area contributed by atoms with Crippen molar-refractivity contribution in [3.63, 3.8) is 0 Å². The number of ether oxygens (including phenoxy) is 2. The van der Waals surface area contributed by atoms with Gasteiger partial charge in [0.05, 0.1) is 6.61 Å². The molecule has 1 unspecified atom stereocenters. The largest absolute Gasteiger partial charge is 0.464 e. The van der Waals surface area contributed by atoms with Gasteiger partial charge < -0.3 is 9.47 Å². The SMILES string of the molecule is CCOC(=O)C1(CCc2ccccc2)C=CC(=O)N1C(=O)OC(C)(C)C.